The Bertz CT molecular complexity index is 850. The van der Waals surface area contributed by atoms with Gasteiger partial charge in [0.15, 0.2) is 0 Å². The van der Waals surface area contributed by atoms with Gasteiger partial charge in [0.1, 0.15) is 23.1 Å². The number of hydrogen-bond acceptors (Lipinski definition) is 5. The molecule has 1 aromatic heterocycles. The van der Waals surface area contributed by atoms with Gasteiger partial charge in [0.05, 0.1) is 12.6 Å². The SMILES string of the molecule is N[C@@H]1C[C@@H](C(=O)N2CCc3oc(-c4cc(F)cc(F)c4)nc3C2)CC[C@H]1O. The number of rotatable bonds is 2. The Morgan fingerprint density at radius 1 is 1.26 bits per heavy atom. The van der Waals surface area contributed by atoms with Crippen LogP contribution in [0.15, 0.2) is 22.6 Å². The number of aliphatic hydroxyl groups excluding tert-OH is 1. The predicted octanol–water partition coefficient (Wildman–Crippen LogP) is 1.99. The molecule has 1 aliphatic carbocycles. The van der Waals surface area contributed by atoms with Crippen LogP contribution in [0.25, 0.3) is 11.5 Å². The first kappa shape index (κ1) is 18.1. The monoisotopic (exact) mass is 377 g/mol. The Morgan fingerprint density at radius 2 is 2.00 bits per heavy atom. The number of nitrogens with zero attached hydrogens (tertiary/aromatic N) is 2. The lowest BCUT2D eigenvalue weighted by Gasteiger charge is -2.34. The average molecular weight is 377 g/mol. The lowest BCUT2D eigenvalue weighted by molar-refractivity contribution is -0.138. The van der Waals surface area contributed by atoms with E-state index in [2.05, 4.69) is 4.98 Å². The minimum absolute atomic E-state index is 0.00403. The summed E-state index contributed by atoms with van der Waals surface area (Å²) >= 11 is 0. The zero-order valence-electron chi connectivity index (χ0n) is 14.7. The van der Waals surface area contributed by atoms with E-state index >= 15 is 0 Å². The van der Waals surface area contributed by atoms with Gasteiger partial charge in [0.2, 0.25) is 11.8 Å². The number of carbonyl (C=O) groups excluding carboxylic acids is 1. The summed E-state index contributed by atoms with van der Waals surface area (Å²) in [6.45, 7) is 0.788. The van der Waals surface area contributed by atoms with E-state index in [1.807, 2.05) is 0 Å². The molecule has 0 spiro atoms. The van der Waals surface area contributed by atoms with Crippen molar-refractivity contribution < 1.29 is 23.1 Å². The van der Waals surface area contributed by atoms with Crippen LogP contribution >= 0.6 is 0 Å². The van der Waals surface area contributed by atoms with E-state index in [1.54, 1.807) is 4.90 Å². The number of benzene rings is 1. The normalized spacial score (nSPS) is 25.3. The van der Waals surface area contributed by atoms with Crippen molar-refractivity contribution in [2.24, 2.45) is 11.7 Å². The number of hydrogen-bond donors (Lipinski definition) is 2. The van der Waals surface area contributed by atoms with Crippen LogP contribution < -0.4 is 5.73 Å². The van der Waals surface area contributed by atoms with E-state index in [4.69, 9.17) is 10.2 Å². The molecule has 2 aromatic rings. The van der Waals surface area contributed by atoms with Crippen molar-refractivity contribution in [3.8, 4) is 11.5 Å². The number of aliphatic hydroxyl groups is 1. The first-order chi connectivity index (χ1) is 12.9. The third-order valence-electron chi connectivity index (χ3n) is 5.36. The smallest absolute Gasteiger partial charge is 0.226 e. The van der Waals surface area contributed by atoms with Gasteiger partial charge in [-0.1, -0.05) is 0 Å². The van der Waals surface area contributed by atoms with Crippen LogP contribution in [0.1, 0.15) is 30.7 Å². The highest BCUT2D eigenvalue weighted by Gasteiger charge is 2.35. The number of fused-ring (bicyclic) bond motifs is 1. The highest BCUT2D eigenvalue weighted by molar-refractivity contribution is 5.79. The van der Waals surface area contributed by atoms with Crippen LogP contribution in [-0.4, -0.2) is 39.6 Å². The van der Waals surface area contributed by atoms with Gasteiger partial charge in [-0.25, -0.2) is 13.8 Å². The van der Waals surface area contributed by atoms with Crippen molar-refractivity contribution in [3.63, 3.8) is 0 Å². The Kier molecular flexibility index (Phi) is 4.69. The molecule has 3 N–H and O–H groups in total. The third kappa shape index (κ3) is 3.59. The molecule has 1 saturated carbocycles. The number of halogens is 2. The number of carbonyl (C=O) groups is 1. The summed E-state index contributed by atoms with van der Waals surface area (Å²) in [6.07, 6.45) is 1.55. The van der Waals surface area contributed by atoms with E-state index in [0.717, 1.165) is 18.2 Å². The Hall–Kier alpha value is -2.32. The molecule has 1 aromatic carbocycles. The van der Waals surface area contributed by atoms with Crippen LogP contribution in [0.3, 0.4) is 0 Å². The van der Waals surface area contributed by atoms with Gasteiger partial charge >= 0.3 is 0 Å². The molecule has 27 heavy (non-hydrogen) atoms. The summed E-state index contributed by atoms with van der Waals surface area (Å²) in [4.78, 5) is 18.9. The van der Waals surface area contributed by atoms with E-state index in [-0.39, 0.29) is 29.3 Å². The summed E-state index contributed by atoms with van der Waals surface area (Å²) in [5.41, 5.74) is 6.73. The van der Waals surface area contributed by atoms with E-state index in [1.165, 1.54) is 0 Å². The van der Waals surface area contributed by atoms with Crippen LogP contribution in [0, 0.1) is 17.6 Å². The molecular formula is C19H21F2N3O3. The number of aromatic nitrogens is 1. The van der Waals surface area contributed by atoms with E-state index in [0.29, 0.717) is 50.2 Å². The van der Waals surface area contributed by atoms with Crippen LogP contribution in [0.4, 0.5) is 8.78 Å². The van der Waals surface area contributed by atoms with Gasteiger partial charge in [0, 0.05) is 36.6 Å². The van der Waals surface area contributed by atoms with Gasteiger partial charge < -0.3 is 20.2 Å². The fourth-order valence-electron chi connectivity index (χ4n) is 3.86. The van der Waals surface area contributed by atoms with Crippen molar-refractivity contribution in [1.29, 1.82) is 0 Å². The molecule has 8 heteroatoms. The molecule has 1 amide bonds. The molecule has 0 radical (unpaired) electrons. The maximum atomic E-state index is 13.4. The lowest BCUT2D eigenvalue weighted by Crippen LogP contribution is -2.47. The second kappa shape index (κ2) is 7.01. The fraction of sp³-hybridized carbons (Fsp3) is 0.474. The summed E-state index contributed by atoms with van der Waals surface area (Å²) in [5, 5.41) is 9.74. The molecule has 2 heterocycles. The van der Waals surface area contributed by atoms with E-state index in [9.17, 15) is 18.7 Å². The largest absolute Gasteiger partial charge is 0.441 e. The highest BCUT2D eigenvalue weighted by atomic mass is 19.1. The summed E-state index contributed by atoms with van der Waals surface area (Å²) in [7, 11) is 0. The third-order valence-corrected chi connectivity index (χ3v) is 5.36. The number of amides is 1. The van der Waals surface area contributed by atoms with Crippen LogP contribution in [-0.2, 0) is 17.8 Å². The molecule has 0 unspecified atom stereocenters. The molecule has 1 fully saturated rings. The molecule has 0 saturated heterocycles. The van der Waals surface area contributed by atoms with Gasteiger partial charge in [-0.15, -0.1) is 0 Å². The molecule has 3 atom stereocenters. The zero-order valence-corrected chi connectivity index (χ0v) is 14.7. The Labute approximate surface area is 155 Å². The van der Waals surface area contributed by atoms with Gasteiger partial charge in [-0.3, -0.25) is 4.79 Å². The second-order valence-corrected chi connectivity index (χ2v) is 7.30. The van der Waals surface area contributed by atoms with Crippen LogP contribution in [0.5, 0.6) is 0 Å². The first-order valence-corrected chi connectivity index (χ1v) is 9.08. The summed E-state index contributed by atoms with van der Waals surface area (Å²) in [6, 6.07) is 2.74. The second-order valence-electron chi connectivity index (χ2n) is 7.30. The van der Waals surface area contributed by atoms with Crippen molar-refractivity contribution in [3.05, 3.63) is 41.3 Å². The highest BCUT2D eigenvalue weighted by Crippen LogP contribution is 2.30. The standard InChI is InChI=1S/C19H21F2N3O3/c20-12-5-11(6-13(21)8-12)18-23-15-9-24(4-3-17(15)27-18)19(26)10-1-2-16(25)14(22)7-10/h5-6,8,10,14,16,25H,1-4,7,9,22H2/t10-,14+,16+/m0/s1. The Balaban J connectivity index is 1.50. The molecule has 4 rings (SSSR count). The predicted molar refractivity (Wildman–Crippen MR) is 92.3 cm³/mol. The first-order valence-electron chi connectivity index (χ1n) is 9.08. The van der Waals surface area contributed by atoms with Gasteiger partial charge in [-0.2, -0.15) is 0 Å². The summed E-state index contributed by atoms with van der Waals surface area (Å²) in [5.74, 6) is -0.814. The molecule has 144 valence electrons. The molecular weight excluding hydrogens is 356 g/mol. The molecule has 0 bridgehead atoms. The van der Waals surface area contributed by atoms with Gasteiger partial charge in [-0.05, 0) is 31.4 Å². The van der Waals surface area contributed by atoms with Crippen molar-refractivity contribution in [2.75, 3.05) is 6.54 Å². The minimum atomic E-state index is -0.700. The molecule has 2 aliphatic rings. The lowest BCUT2D eigenvalue weighted by atomic mass is 9.83. The van der Waals surface area contributed by atoms with E-state index < -0.39 is 17.7 Å². The molecule has 6 nitrogen and oxygen atoms in total. The van der Waals surface area contributed by atoms with Crippen LogP contribution in [0.2, 0.25) is 0 Å². The maximum absolute atomic E-state index is 13.4. The zero-order chi connectivity index (χ0) is 19.1. The molecule has 1 aliphatic heterocycles. The summed E-state index contributed by atoms with van der Waals surface area (Å²) < 4.78 is 32.6. The quantitative estimate of drug-likeness (QED) is 0.835. The Morgan fingerprint density at radius 3 is 2.70 bits per heavy atom. The van der Waals surface area contributed by atoms with Gasteiger partial charge in [0.25, 0.3) is 0 Å². The van der Waals surface area contributed by atoms with Crippen molar-refractivity contribution >= 4 is 5.91 Å². The number of nitrogens with two attached hydrogens (primary N) is 1. The average Bonchev–Trinajstić information content (AvgIpc) is 3.06. The number of oxazole rings is 1. The topological polar surface area (TPSA) is 92.6 Å². The maximum Gasteiger partial charge on any atom is 0.226 e. The van der Waals surface area contributed by atoms with Crippen molar-refractivity contribution in [1.82, 2.24) is 9.88 Å². The fourth-order valence-corrected chi connectivity index (χ4v) is 3.86. The minimum Gasteiger partial charge on any atom is -0.441 e. The van der Waals surface area contributed by atoms with Crippen molar-refractivity contribution in [2.45, 2.75) is 44.4 Å².